The normalized spacial score (nSPS) is 15.1. The summed E-state index contributed by atoms with van der Waals surface area (Å²) in [6, 6.07) is 3.20. The van der Waals surface area contributed by atoms with Crippen LogP contribution in [0, 0.1) is 13.8 Å². The minimum absolute atomic E-state index is 0.0322. The van der Waals surface area contributed by atoms with Crippen molar-refractivity contribution in [3.63, 3.8) is 0 Å². The largest absolute Gasteiger partial charge is 0.398 e. The first-order chi connectivity index (χ1) is 9.09. The molecule has 0 aliphatic carbocycles. The predicted octanol–water partition coefficient (Wildman–Crippen LogP) is 1.72. The SMILES string of the molecule is CCCC(C)(O)CNS(=O)(=O)c1cc(C)c(C)cc1N. The molecule has 1 atom stereocenters. The summed E-state index contributed by atoms with van der Waals surface area (Å²) in [4.78, 5) is 0.0629. The first kappa shape index (κ1) is 16.9. The Hall–Kier alpha value is -1.11. The van der Waals surface area contributed by atoms with E-state index >= 15 is 0 Å². The molecule has 0 aromatic heterocycles. The lowest BCUT2D eigenvalue weighted by atomic mass is 10.0. The summed E-state index contributed by atoms with van der Waals surface area (Å²) in [5.74, 6) is 0. The van der Waals surface area contributed by atoms with E-state index in [-0.39, 0.29) is 17.1 Å². The van der Waals surface area contributed by atoms with E-state index < -0.39 is 15.6 Å². The molecule has 1 rings (SSSR count). The molecule has 1 unspecified atom stereocenters. The number of hydrogen-bond acceptors (Lipinski definition) is 4. The summed E-state index contributed by atoms with van der Waals surface area (Å²) < 4.78 is 27.0. The smallest absolute Gasteiger partial charge is 0.242 e. The quantitative estimate of drug-likeness (QED) is 0.697. The van der Waals surface area contributed by atoms with E-state index in [0.29, 0.717) is 6.42 Å². The Labute approximate surface area is 121 Å². The third kappa shape index (κ3) is 4.19. The topological polar surface area (TPSA) is 92.4 Å². The summed E-state index contributed by atoms with van der Waals surface area (Å²) in [6.45, 7) is 7.23. The molecule has 20 heavy (non-hydrogen) atoms. The maximum Gasteiger partial charge on any atom is 0.242 e. The number of hydrogen-bond donors (Lipinski definition) is 3. The van der Waals surface area contributed by atoms with Crippen molar-refractivity contribution in [3.8, 4) is 0 Å². The maximum absolute atomic E-state index is 12.3. The minimum Gasteiger partial charge on any atom is -0.398 e. The molecule has 0 saturated heterocycles. The summed E-state index contributed by atoms with van der Waals surface area (Å²) in [5, 5.41) is 10.0. The average molecular weight is 300 g/mol. The van der Waals surface area contributed by atoms with Crippen molar-refractivity contribution in [1.29, 1.82) is 0 Å². The van der Waals surface area contributed by atoms with Gasteiger partial charge in [-0.25, -0.2) is 13.1 Å². The fraction of sp³-hybridized carbons (Fsp3) is 0.571. The molecule has 0 aliphatic heterocycles. The molecular weight excluding hydrogens is 276 g/mol. The first-order valence-electron chi connectivity index (χ1n) is 6.68. The van der Waals surface area contributed by atoms with Crippen LogP contribution in [0.2, 0.25) is 0 Å². The van der Waals surface area contributed by atoms with E-state index in [1.165, 1.54) is 0 Å². The third-order valence-electron chi connectivity index (χ3n) is 3.35. The van der Waals surface area contributed by atoms with Gasteiger partial charge in [0.1, 0.15) is 4.90 Å². The number of sulfonamides is 1. The monoisotopic (exact) mass is 300 g/mol. The average Bonchev–Trinajstić information content (AvgIpc) is 2.31. The van der Waals surface area contributed by atoms with E-state index in [9.17, 15) is 13.5 Å². The van der Waals surface area contributed by atoms with E-state index in [1.54, 1.807) is 19.1 Å². The third-order valence-corrected chi connectivity index (χ3v) is 4.80. The van der Waals surface area contributed by atoms with Crippen LogP contribution in [-0.4, -0.2) is 25.7 Å². The molecule has 0 heterocycles. The summed E-state index contributed by atoms with van der Waals surface area (Å²) in [6.07, 6.45) is 1.30. The predicted molar refractivity (Wildman–Crippen MR) is 81.0 cm³/mol. The first-order valence-corrected chi connectivity index (χ1v) is 8.16. The van der Waals surface area contributed by atoms with Crippen molar-refractivity contribution < 1.29 is 13.5 Å². The number of nitrogen functional groups attached to an aromatic ring is 1. The second-order valence-corrected chi connectivity index (χ2v) is 7.28. The van der Waals surface area contributed by atoms with Crippen molar-refractivity contribution in [3.05, 3.63) is 23.3 Å². The van der Waals surface area contributed by atoms with Gasteiger partial charge in [0.05, 0.1) is 11.3 Å². The molecule has 0 bridgehead atoms. The van der Waals surface area contributed by atoms with Crippen molar-refractivity contribution in [2.45, 2.75) is 51.0 Å². The molecule has 114 valence electrons. The highest BCUT2D eigenvalue weighted by molar-refractivity contribution is 7.89. The lowest BCUT2D eigenvalue weighted by Crippen LogP contribution is -2.40. The van der Waals surface area contributed by atoms with Gasteiger partial charge in [0.25, 0.3) is 0 Å². The molecule has 6 heteroatoms. The lowest BCUT2D eigenvalue weighted by molar-refractivity contribution is 0.0554. The van der Waals surface area contributed by atoms with Gasteiger partial charge in [0, 0.05) is 6.54 Å². The van der Waals surface area contributed by atoms with Crippen molar-refractivity contribution >= 4 is 15.7 Å². The van der Waals surface area contributed by atoms with Crippen LogP contribution in [-0.2, 0) is 10.0 Å². The molecular formula is C14H24N2O3S. The minimum atomic E-state index is -3.72. The molecule has 1 aromatic rings. The van der Waals surface area contributed by atoms with Gasteiger partial charge in [-0.15, -0.1) is 0 Å². The molecule has 1 aromatic carbocycles. The number of benzene rings is 1. The molecule has 0 radical (unpaired) electrons. The van der Waals surface area contributed by atoms with Crippen LogP contribution < -0.4 is 10.5 Å². The van der Waals surface area contributed by atoms with Crippen molar-refractivity contribution in [2.75, 3.05) is 12.3 Å². The second-order valence-electron chi connectivity index (χ2n) is 5.55. The van der Waals surface area contributed by atoms with Gasteiger partial charge in [0.15, 0.2) is 0 Å². The lowest BCUT2D eigenvalue weighted by Gasteiger charge is -2.23. The Balaban J connectivity index is 2.98. The molecule has 0 spiro atoms. The van der Waals surface area contributed by atoms with Crippen LogP contribution in [0.1, 0.15) is 37.8 Å². The van der Waals surface area contributed by atoms with E-state index in [1.807, 2.05) is 20.8 Å². The van der Waals surface area contributed by atoms with Crippen LogP contribution in [0.3, 0.4) is 0 Å². The van der Waals surface area contributed by atoms with E-state index in [0.717, 1.165) is 17.5 Å². The van der Waals surface area contributed by atoms with Crippen LogP contribution in [0.4, 0.5) is 5.69 Å². The molecule has 0 fully saturated rings. The van der Waals surface area contributed by atoms with Gasteiger partial charge < -0.3 is 10.8 Å². The van der Waals surface area contributed by atoms with Gasteiger partial charge in [-0.3, -0.25) is 0 Å². The molecule has 5 nitrogen and oxygen atoms in total. The number of rotatable bonds is 6. The van der Waals surface area contributed by atoms with E-state index in [2.05, 4.69) is 4.72 Å². The fourth-order valence-electron chi connectivity index (χ4n) is 2.00. The standard InChI is InChI=1S/C14H24N2O3S/c1-5-6-14(4,17)9-16-20(18,19)13-8-11(3)10(2)7-12(13)15/h7-8,16-17H,5-6,9,15H2,1-4H3. The van der Waals surface area contributed by atoms with Crippen molar-refractivity contribution in [1.82, 2.24) is 4.72 Å². The fourth-order valence-corrected chi connectivity index (χ4v) is 3.36. The summed E-state index contributed by atoms with van der Waals surface area (Å²) in [7, 11) is -3.72. The molecule has 0 amide bonds. The Kier molecular flexibility index (Phi) is 5.18. The highest BCUT2D eigenvalue weighted by Gasteiger charge is 2.24. The molecule has 0 saturated carbocycles. The Morgan fingerprint density at radius 1 is 1.30 bits per heavy atom. The van der Waals surface area contributed by atoms with Crippen LogP contribution in [0.15, 0.2) is 17.0 Å². The number of nitrogens with one attached hydrogen (secondary N) is 1. The number of anilines is 1. The Morgan fingerprint density at radius 3 is 2.40 bits per heavy atom. The van der Waals surface area contributed by atoms with Gasteiger partial charge in [-0.2, -0.15) is 0 Å². The highest BCUT2D eigenvalue weighted by atomic mass is 32.2. The van der Waals surface area contributed by atoms with Crippen LogP contribution in [0.25, 0.3) is 0 Å². The highest BCUT2D eigenvalue weighted by Crippen LogP contribution is 2.23. The van der Waals surface area contributed by atoms with Crippen molar-refractivity contribution in [2.24, 2.45) is 0 Å². The molecule has 4 N–H and O–H groups in total. The maximum atomic E-state index is 12.3. The number of aliphatic hydroxyl groups is 1. The van der Waals surface area contributed by atoms with Crippen LogP contribution >= 0.6 is 0 Å². The van der Waals surface area contributed by atoms with Gasteiger partial charge in [0.2, 0.25) is 10.0 Å². The number of aryl methyl sites for hydroxylation is 2. The Bertz CT molecular complexity index is 580. The van der Waals surface area contributed by atoms with Gasteiger partial charge in [-0.05, 0) is 50.5 Å². The van der Waals surface area contributed by atoms with Crippen LogP contribution in [0.5, 0.6) is 0 Å². The zero-order valence-corrected chi connectivity index (χ0v) is 13.3. The van der Waals surface area contributed by atoms with Gasteiger partial charge in [-0.1, -0.05) is 13.3 Å². The molecule has 0 aliphatic rings. The summed E-state index contributed by atoms with van der Waals surface area (Å²) in [5.41, 5.74) is 6.76. The summed E-state index contributed by atoms with van der Waals surface area (Å²) >= 11 is 0. The zero-order chi connectivity index (χ0) is 15.6. The number of nitrogens with two attached hydrogens (primary N) is 1. The van der Waals surface area contributed by atoms with E-state index in [4.69, 9.17) is 5.73 Å². The van der Waals surface area contributed by atoms with Gasteiger partial charge >= 0.3 is 0 Å². The zero-order valence-electron chi connectivity index (χ0n) is 12.5. The second kappa shape index (κ2) is 6.11. The Morgan fingerprint density at radius 2 is 1.85 bits per heavy atom.